The summed E-state index contributed by atoms with van der Waals surface area (Å²) >= 11 is 1.03. The molecule has 0 aliphatic rings. The van der Waals surface area contributed by atoms with E-state index in [1.165, 1.54) is 10.9 Å². The van der Waals surface area contributed by atoms with E-state index in [0.717, 1.165) is 39.9 Å². The molecule has 0 fully saturated rings. The molecular formula is C20H17F2N7O2S. The van der Waals surface area contributed by atoms with Crippen molar-refractivity contribution in [3.63, 3.8) is 0 Å². The number of carbonyl (C=O) groups excluding carboxylic acids is 1. The van der Waals surface area contributed by atoms with Gasteiger partial charge in [0.15, 0.2) is 5.13 Å². The van der Waals surface area contributed by atoms with Gasteiger partial charge in [-0.2, -0.15) is 5.10 Å². The van der Waals surface area contributed by atoms with Gasteiger partial charge in [0.05, 0.1) is 36.4 Å². The lowest BCUT2D eigenvalue weighted by molar-refractivity contribution is 0.0953. The number of amides is 1. The molecule has 0 spiro atoms. The van der Waals surface area contributed by atoms with Gasteiger partial charge in [0.2, 0.25) is 0 Å². The van der Waals surface area contributed by atoms with Crippen LogP contribution in [-0.4, -0.2) is 35.2 Å². The molecule has 1 N–H and O–H groups in total. The largest absolute Gasteiger partial charge is 0.352 e. The lowest BCUT2D eigenvalue weighted by Crippen LogP contribution is -2.24. The molecule has 4 aromatic rings. The fraction of sp³-hybridized carbons (Fsp3) is 0.200. The minimum absolute atomic E-state index is 0.115. The van der Waals surface area contributed by atoms with Crippen molar-refractivity contribution in [2.24, 2.45) is 0 Å². The average molecular weight is 457 g/mol. The molecule has 3 aromatic heterocycles. The maximum Gasteiger partial charge on any atom is 0.352 e. The van der Waals surface area contributed by atoms with E-state index in [0.29, 0.717) is 16.3 Å². The number of hydrogen-bond donors (Lipinski definition) is 1. The van der Waals surface area contributed by atoms with Crippen LogP contribution in [0.2, 0.25) is 0 Å². The third-order valence-corrected chi connectivity index (χ3v) is 5.61. The molecule has 0 aliphatic heterocycles. The quantitative estimate of drug-likeness (QED) is 0.475. The smallest absolute Gasteiger partial charge is 0.346 e. The summed E-state index contributed by atoms with van der Waals surface area (Å²) in [6.07, 6.45) is 4.44. The fourth-order valence-corrected chi connectivity index (χ4v) is 3.86. The number of nitrogens with one attached hydrogen (secondary N) is 1. The van der Waals surface area contributed by atoms with Gasteiger partial charge in [0.25, 0.3) is 5.91 Å². The summed E-state index contributed by atoms with van der Waals surface area (Å²) in [5.41, 5.74) is 1.54. The van der Waals surface area contributed by atoms with Crippen molar-refractivity contribution in [3.05, 3.63) is 86.6 Å². The highest BCUT2D eigenvalue weighted by atomic mass is 32.1. The third-order valence-electron chi connectivity index (χ3n) is 4.45. The Hall–Kier alpha value is -3.80. The molecule has 0 aliphatic carbocycles. The minimum atomic E-state index is -0.740. The highest BCUT2D eigenvalue weighted by Gasteiger charge is 2.18. The normalized spacial score (nSPS) is 11.0. The van der Waals surface area contributed by atoms with E-state index >= 15 is 0 Å². The first-order chi connectivity index (χ1) is 15.3. The number of halogens is 2. The number of carbonyl (C=O) groups is 1. The lowest BCUT2D eigenvalue weighted by Gasteiger charge is -2.03. The Labute approximate surface area is 184 Å². The number of thiazole rings is 1. The Morgan fingerprint density at radius 2 is 1.88 bits per heavy atom. The van der Waals surface area contributed by atoms with Crippen LogP contribution in [-0.2, 0) is 13.1 Å². The van der Waals surface area contributed by atoms with Gasteiger partial charge in [-0.05, 0) is 31.5 Å². The number of nitrogens with zero attached hydrogens (tertiary/aromatic N) is 6. The van der Waals surface area contributed by atoms with Gasteiger partial charge in [0.1, 0.15) is 22.8 Å². The SMILES string of the molecule is Cc1cnc(CNC(=O)c2sc(-n3cnn(Cc4cc(F)cc(F)c4)c3=O)nc2C)cn1. The number of hydrogen-bond acceptors (Lipinski definition) is 7. The Morgan fingerprint density at radius 3 is 2.56 bits per heavy atom. The van der Waals surface area contributed by atoms with Crippen molar-refractivity contribution >= 4 is 17.2 Å². The lowest BCUT2D eigenvalue weighted by atomic mass is 10.2. The van der Waals surface area contributed by atoms with Crippen LogP contribution in [0.5, 0.6) is 0 Å². The first kappa shape index (κ1) is 21.4. The van der Waals surface area contributed by atoms with Crippen LogP contribution in [0.1, 0.15) is 32.3 Å². The van der Waals surface area contributed by atoms with Crippen molar-refractivity contribution in [2.45, 2.75) is 26.9 Å². The van der Waals surface area contributed by atoms with Crippen molar-refractivity contribution in [2.75, 3.05) is 0 Å². The summed E-state index contributed by atoms with van der Waals surface area (Å²) in [7, 11) is 0. The second-order valence-electron chi connectivity index (χ2n) is 6.96. The van der Waals surface area contributed by atoms with Crippen molar-refractivity contribution in [1.82, 2.24) is 34.6 Å². The number of aromatic nitrogens is 6. The zero-order valence-electron chi connectivity index (χ0n) is 17.0. The maximum atomic E-state index is 13.4. The molecule has 0 saturated carbocycles. The molecule has 0 atom stereocenters. The van der Waals surface area contributed by atoms with Gasteiger partial charge >= 0.3 is 5.69 Å². The van der Waals surface area contributed by atoms with Crippen molar-refractivity contribution in [1.29, 1.82) is 0 Å². The summed E-state index contributed by atoms with van der Waals surface area (Å²) < 4.78 is 29.0. The molecule has 0 unspecified atom stereocenters. The second-order valence-corrected chi connectivity index (χ2v) is 7.94. The minimum Gasteiger partial charge on any atom is -0.346 e. The molecule has 4 rings (SSSR count). The Morgan fingerprint density at radius 1 is 1.12 bits per heavy atom. The van der Waals surface area contributed by atoms with E-state index < -0.39 is 17.3 Å². The number of rotatable bonds is 6. The second kappa shape index (κ2) is 8.75. The standard InChI is InChI=1S/C20H17F2N7O2S/c1-11-6-24-16(7-23-11)8-25-18(30)17-12(2)27-19(32-17)28-10-26-29(20(28)31)9-13-3-14(21)5-15(22)4-13/h3-7,10H,8-9H2,1-2H3,(H,25,30). The number of benzene rings is 1. The van der Waals surface area contributed by atoms with Crippen LogP contribution in [0.4, 0.5) is 8.78 Å². The monoisotopic (exact) mass is 457 g/mol. The zero-order valence-corrected chi connectivity index (χ0v) is 17.9. The summed E-state index contributed by atoms with van der Waals surface area (Å²) in [5, 5.41) is 6.99. The predicted octanol–water partition coefficient (Wildman–Crippen LogP) is 2.15. The van der Waals surface area contributed by atoms with E-state index in [1.807, 2.05) is 6.92 Å². The molecule has 12 heteroatoms. The van der Waals surface area contributed by atoms with E-state index in [2.05, 4.69) is 25.4 Å². The van der Waals surface area contributed by atoms with E-state index in [4.69, 9.17) is 0 Å². The van der Waals surface area contributed by atoms with Crippen LogP contribution in [0.15, 0.2) is 41.7 Å². The molecule has 32 heavy (non-hydrogen) atoms. The van der Waals surface area contributed by atoms with Crippen LogP contribution in [0.25, 0.3) is 5.13 Å². The summed E-state index contributed by atoms with van der Waals surface area (Å²) in [5.74, 6) is -1.84. The predicted molar refractivity (Wildman–Crippen MR) is 112 cm³/mol. The molecule has 1 aromatic carbocycles. The fourth-order valence-electron chi connectivity index (χ4n) is 2.91. The molecule has 164 valence electrons. The third kappa shape index (κ3) is 4.59. The molecule has 0 radical (unpaired) electrons. The van der Waals surface area contributed by atoms with Crippen LogP contribution in [0, 0.1) is 25.5 Å². The van der Waals surface area contributed by atoms with Crippen molar-refractivity contribution in [3.8, 4) is 5.13 Å². The first-order valence-electron chi connectivity index (χ1n) is 9.43. The number of aryl methyl sites for hydroxylation is 2. The van der Waals surface area contributed by atoms with Gasteiger partial charge in [-0.15, -0.1) is 0 Å². The van der Waals surface area contributed by atoms with Gasteiger partial charge in [-0.3, -0.25) is 14.8 Å². The van der Waals surface area contributed by atoms with Gasteiger partial charge in [-0.25, -0.2) is 27.8 Å². The van der Waals surface area contributed by atoms with Gasteiger partial charge < -0.3 is 5.32 Å². The Balaban J connectivity index is 1.51. The van der Waals surface area contributed by atoms with Gasteiger partial charge in [-0.1, -0.05) is 11.3 Å². The maximum absolute atomic E-state index is 13.4. The Kier molecular flexibility index (Phi) is 5.86. The highest BCUT2D eigenvalue weighted by Crippen LogP contribution is 2.20. The van der Waals surface area contributed by atoms with E-state index in [9.17, 15) is 18.4 Å². The summed E-state index contributed by atoms with van der Waals surface area (Å²) in [6.45, 7) is 3.56. The van der Waals surface area contributed by atoms with Crippen molar-refractivity contribution < 1.29 is 13.6 Å². The highest BCUT2D eigenvalue weighted by molar-refractivity contribution is 7.16. The molecule has 3 heterocycles. The van der Waals surface area contributed by atoms with E-state index in [1.54, 1.807) is 19.3 Å². The van der Waals surface area contributed by atoms with Crippen LogP contribution in [0.3, 0.4) is 0 Å². The Bertz CT molecular complexity index is 1320. The van der Waals surface area contributed by atoms with Gasteiger partial charge in [0, 0.05) is 12.3 Å². The molecule has 1 amide bonds. The first-order valence-corrected chi connectivity index (χ1v) is 10.2. The summed E-state index contributed by atoms with van der Waals surface area (Å²) in [4.78, 5) is 38.2. The zero-order chi connectivity index (χ0) is 22.8. The van der Waals surface area contributed by atoms with Crippen LogP contribution >= 0.6 is 11.3 Å². The topological polar surface area (TPSA) is 108 Å². The van der Waals surface area contributed by atoms with Crippen LogP contribution < -0.4 is 11.0 Å². The molecule has 9 nitrogen and oxygen atoms in total. The molecule has 0 saturated heterocycles. The molecular weight excluding hydrogens is 440 g/mol. The average Bonchev–Trinajstić information content (AvgIpc) is 3.29. The summed E-state index contributed by atoms with van der Waals surface area (Å²) in [6, 6.07) is 3.01. The van der Waals surface area contributed by atoms with E-state index in [-0.39, 0.29) is 29.7 Å². The molecule has 0 bridgehead atoms.